The third-order valence-corrected chi connectivity index (χ3v) is 7.65. The number of benzene rings is 2. The molecule has 4 aromatic rings. The minimum absolute atomic E-state index is 0.311. The maximum Gasteiger partial charge on any atom is 0.243 e. The summed E-state index contributed by atoms with van der Waals surface area (Å²) in [5.74, 6) is 2.01. The number of nitrogens with zero attached hydrogens (tertiary/aromatic N) is 5. The van der Waals surface area contributed by atoms with E-state index < -0.39 is 10.0 Å². The van der Waals surface area contributed by atoms with Gasteiger partial charge in [0, 0.05) is 32.4 Å². The van der Waals surface area contributed by atoms with E-state index in [1.54, 1.807) is 18.3 Å². The number of pyridine rings is 1. The lowest BCUT2D eigenvalue weighted by molar-refractivity contribution is 0.383. The summed E-state index contributed by atoms with van der Waals surface area (Å²) in [5.41, 5.74) is 2.05. The Balaban J connectivity index is 1.21. The quantitative estimate of drug-likeness (QED) is 0.456. The minimum Gasteiger partial charge on any atom is -0.352 e. The third kappa shape index (κ3) is 4.75. The van der Waals surface area contributed by atoms with Crippen LogP contribution in [-0.2, 0) is 10.0 Å². The summed E-state index contributed by atoms with van der Waals surface area (Å²) in [5, 5.41) is 11.6. The number of hydrogen-bond acceptors (Lipinski definition) is 7. The predicted molar refractivity (Wildman–Crippen MR) is 132 cm³/mol. The summed E-state index contributed by atoms with van der Waals surface area (Å²) in [6.07, 6.45) is 1.70. The molecule has 1 fully saturated rings. The maximum absolute atomic E-state index is 13.2. The Morgan fingerprint density at radius 2 is 1.38 bits per heavy atom. The molecule has 1 saturated heterocycles. The van der Waals surface area contributed by atoms with Gasteiger partial charge in [0.2, 0.25) is 10.0 Å². The predicted octanol–water partition coefficient (Wildman–Crippen LogP) is 3.79. The minimum atomic E-state index is -3.55. The summed E-state index contributed by atoms with van der Waals surface area (Å²) < 4.78 is 27.9. The summed E-state index contributed by atoms with van der Waals surface area (Å²) in [7, 11) is -3.55. The summed E-state index contributed by atoms with van der Waals surface area (Å²) in [4.78, 5) is 6.57. The zero-order valence-electron chi connectivity index (χ0n) is 18.4. The number of nitrogens with one attached hydrogen (secondary N) is 1. The van der Waals surface area contributed by atoms with Crippen molar-refractivity contribution in [1.29, 1.82) is 0 Å². The van der Waals surface area contributed by atoms with Gasteiger partial charge in [0.05, 0.1) is 4.90 Å². The normalized spacial score (nSPS) is 14.6. The lowest BCUT2D eigenvalue weighted by Crippen LogP contribution is -2.48. The lowest BCUT2D eigenvalue weighted by atomic mass is 10.1. The number of aromatic nitrogens is 3. The van der Waals surface area contributed by atoms with Crippen molar-refractivity contribution in [3.05, 3.63) is 91.1 Å². The molecule has 1 N–H and O–H groups in total. The molecule has 0 spiro atoms. The van der Waals surface area contributed by atoms with Crippen LogP contribution in [0.4, 0.5) is 17.5 Å². The molecule has 172 valence electrons. The van der Waals surface area contributed by atoms with Crippen LogP contribution < -0.4 is 10.2 Å². The first-order chi connectivity index (χ1) is 16.6. The zero-order chi connectivity index (χ0) is 23.4. The highest BCUT2D eigenvalue weighted by atomic mass is 32.2. The molecule has 9 heteroatoms. The molecular formula is C25H24N6O2S. The number of sulfonamides is 1. The van der Waals surface area contributed by atoms with Gasteiger partial charge in [-0.3, -0.25) is 0 Å². The molecule has 34 heavy (non-hydrogen) atoms. The van der Waals surface area contributed by atoms with E-state index in [-0.39, 0.29) is 0 Å². The van der Waals surface area contributed by atoms with Crippen molar-refractivity contribution < 1.29 is 8.42 Å². The van der Waals surface area contributed by atoms with E-state index in [4.69, 9.17) is 0 Å². The number of hydrogen-bond donors (Lipinski definition) is 1. The van der Waals surface area contributed by atoms with Crippen molar-refractivity contribution in [3.63, 3.8) is 0 Å². The average molecular weight is 473 g/mol. The van der Waals surface area contributed by atoms with Crippen LogP contribution in [0.15, 0.2) is 96.0 Å². The SMILES string of the molecule is O=S(=O)(c1ccc(-c2ccccc2)cc1)N1CCN(c2ccc(Nc3ccccn3)nn2)CC1. The first-order valence-corrected chi connectivity index (χ1v) is 12.5. The van der Waals surface area contributed by atoms with Gasteiger partial charge in [-0.1, -0.05) is 48.5 Å². The van der Waals surface area contributed by atoms with Gasteiger partial charge in [-0.25, -0.2) is 13.4 Å². The van der Waals surface area contributed by atoms with Crippen molar-refractivity contribution in [2.75, 3.05) is 36.4 Å². The molecule has 8 nitrogen and oxygen atoms in total. The molecule has 0 atom stereocenters. The van der Waals surface area contributed by atoms with Gasteiger partial charge in [0.1, 0.15) is 5.82 Å². The van der Waals surface area contributed by atoms with E-state index in [1.165, 1.54) is 4.31 Å². The van der Waals surface area contributed by atoms with Crippen LogP contribution in [-0.4, -0.2) is 54.1 Å². The molecule has 1 aliphatic heterocycles. The number of rotatable bonds is 6. The highest BCUT2D eigenvalue weighted by molar-refractivity contribution is 7.89. The van der Waals surface area contributed by atoms with E-state index in [0.717, 1.165) is 16.9 Å². The van der Waals surface area contributed by atoms with E-state index in [9.17, 15) is 8.42 Å². The zero-order valence-corrected chi connectivity index (χ0v) is 19.3. The van der Waals surface area contributed by atoms with Crippen LogP contribution in [0.2, 0.25) is 0 Å². The third-order valence-electron chi connectivity index (χ3n) is 5.73. The summed E-state index contributed by atoms with van der Waals surface area (Å²) >= 11 is 0. The van der Waals surface area contributed by atoms with Gasteiger partial charge in [-0.05, 0) is 47.5 Å². The van der Waals surface area contributed by atoms with E-state index in [0.29, 0.717) is 42.7 Å². The second kappa shape index (κ2) is 9.58. The van der Waals surface area contributed by atoms with Crippen LogP contribution >= 0.6 is 0 Å². The van der Waals surface area contributed by atoms with Gasteiger partial charge in [-0.2, -0.15) is 4.31 Å². The van der Waals surface area contributed by atoms with Gasteiger partial charge >= 0.3 is 0 Å². The van der Waals surface area contributed by atoms with E-state index >= 15 is 0 Å². The first kappa shape index (κ1) is 22.0. The average Bonchev–Trinajstić information content (AvgIpc) is 2.90. The maximum atomic E-state index is 13.2. The van der Waals surface area contributed by atoms with Gasteiger partial charge in [-0.15, -0.1) is 10.2 Å². The van der Waals surface area contributed by atoms with Gasteiger partial charge < -0.3 is 10.2 Å². The Morgan fingerprint density at radius 3 is 2.03 bits per heavy atom. The van der Waals surface area contributed by atoms with Crippen molar-refractivity contribution in [2.45, 2.75) is 4.90 Å². The van der Waals surface area contributed by atoms with Crippen molar-refractivity contribution in [2.24, 2.45) is 0 Å². The Labute approximate surface area is 199 Å². The Bertz CT molecular complexity index is 1320. The van der Waals surface area contributed by atoms with Gasteiger partial charge in [0.15, 0.2) is 11.6 Å². The van der Waals surface area contributed by atoms with Crippen LogP contribution in [0.1, 0.15) is 0 Å². The smallest absolute Gasteiger partial charge is 0.243 e. The fourth-order valence-corrected chi connectivity index (χ4v) is 5.31. The summed E-state index contributed by atoms with van der Waals surface area (Å²) in [6.45, 7) is 1.86. The molecule has 2 aromatic heterocycles. The molecule has 0 amide bonds. The Morgan fingerprint density at radius 1 is 0.676 bits per heavy atom. The molecule has 0 unspecified atom stereocenters. The van der Waals surface area contributed by atoms with Crippen LogP contribution in [0.25, 0.3) is 11.1 Å². The van der Waals surface area contributed by atoms with Crippen molar-refractivity contribution in [1.82, 2.24) is 19.5 Å². The Hall–Kier alpha value is -3.82. The monoisotopic (exact) mass is 472 g/mol. The van der Waals surface area contributed by atoms with E-state index in [1.807, 2.05) is 77.7 Å². The molecule has 1 aliphatic rings. The molecule has 3 heterocycles. The molecule has 0 saturated carbocycles. The van der Waals surface area contributed by atoms with Crippen LogP contribution in [0.3, 0.4) is 0 Å². The number of piperazine rings is 1. The molecule has 0 bridgehead atoms. The second-order valence-electron chi connectivity index (χ2n) is 7.90. The molecule has 5 rings (SSSR count). The second-order valence-corrected chi connectivity index (χ2v) is 9.84. The number of anilines is 3. The van der Waals surface area contributed by atoms with Crippen LogP contribution in [0.5, 0.6) is 0 Å². The summed E-state index contributed by atoms with van der Waals surface area (Å²) in [6, 6.07) is 26.3. The topological polar surface area (TPSA) is 91.3 Å². The molecule has 0 aliphatic carbocycles. The first-order valence-electron chi connectivity index (χ1n) is 11.0. The fraction of sp³-hybridized carbons (Fsp3) is 0.160. The Kier molecular flexibility index (Phi) is 6.20. The van der Waals surface area contributed by atoms with E-state index in [2.05, 4.69) is 20.5 Å². The lowest BCUT2D eigenvalue weighted by Gasteiger charge is -2.34. The molecule has 0 radical (unpaired) electrons. The highest BCUT2D eigenvalue weighted by Gasteiger charge is 2.29. The standard InChI is InChI=1S/C25H24N6O2S/c32-34(33,22-11-9-21(10-12-22)20-6-2-1-3-7-20)31-18-16-30(17-19-31)25-14-13-24(28-29-25)27-23-8-4-5-15-26-23/h1-15H,16-19H2,(H,26,27,28). The highest BCUT2D eigenvalue weighted by Crippen LogP contribution is 2.24. The molecule has 2 aromatic carbocycles. The van der Waals surface area contributed by atoms with Crippen LogP contribution in [0, 0.1) is 0 Å². The fourth-order valence-electron chi connectivity index (χ4n) is 3.89. The molecular weight excluding hydrogens is 448 g/mol. The van der Waals surface area contributed by atoms with Crippen molar-refractivity contribution >= 4 is 27.5 Å². The van der Waals surface area contributed by atoms with Gasteiger partial charge in [0.25, 0.3) is 0 Å². The largest absolute Gasteiger partial charge is 0.352 e. The van der Waals surface area contributed by atoms with Crippen molar-refractivity contribution in [3.8, 4) is 11.1 Å².